The molecule has 2 aliphatic carbocycles. The van der Waals surface area contributed by atoms with Crippen LogP contribution >= 0.6 is 0 Å². The normalized spacial score (nSPS) is 41.8. The first-order valence-electron chi connectivity index (χ1n) is 7.34. The van der Waals surface area contributed by atoms with Crippen LogP contribution in [-0.4, -0.2) is 36.8 Å². The van der Waals surface area contributed by atoms with E-state index in [4.69, 9.17) is 0 Å². The van der Waals surface area contributed by atoms with Crippen LogP contribution in [0.3, 0.4) is 0 Å². The molecule has 0 aliphatic heterocycles. The SMILES string of the molecule is CC1CCCC(CO)(CN(C)CC2CC2C)C1. The molecule has 0 radical (unpaired) electrons. The molecule has 4 unspecified atom stereocenters. The monoisotopic (exact) mass is 239 g/mol. The molecule has 0 aromatic heterocycles. The van der Waals surface area contributed by atoms with Gasteiger partial charge in [-0.05, 0) is 44.1 Å². The molecule has 1 N–H and O–H groups in total. The predicted octanol–water partition coefficient (Wildman–Crippen LogP) is 2.76. The Morgan fingerprint density at radius 2 is 2.06 bits per heavy atom. The highest BCUT2D eigenvalue weighted by atomic mass is 16.3. The molecule has 2 nitrogen and oxygen atoms in total. The first-order valence-corrected chi connectivity index (χ1v) is 7.34. The van der Waals surface area contributed by atoms with Crippen molar-refractivity contribution in [2.24, 2.45) is 23.2 Å². The smallest absolute Gasteiger partial charge is 0.0499 e. The van der Waals surface area contributed by atoms with Crippen LogP contribution < -0.4 is 0 Å². The zero-order valence-electron chi connectivity index (χ0n) is 11.8. The van der Waals surface area contributed by atoms with Crippen molar-refractivity contribution >= 4 is 0 Å². The Morgan fingerprint density at radius 1 is 1.35 bits per heavy atom. The van der Waals surface area contributed by atoms with Crippen molar-refractivity contribution in [3.8, 4) is 0 Å². The van der Waals surface area contributed by atoms with E-state index in [2.05, 4.69) is 25.8 Å². The lowest BCUT2D eigenvalue weighted by Crippen LogP contribution is -2.42. The van der Waals surface area contributed by atoms with Crippen LogP contribution in [0.25, 0.3) is 0 Å². The third kappa shape index (κ3) is 3.45. The van der Waals surface area contributed by atoms with Gasteiger partial charge in [0.1, 0.15) is 0 Å². The van der Waals surface area contributed by atoms with Crippen LogP contribution in [0.5, 0.6) is 0 Å². The van der Waals surface area contributed by atoms with E-state index in [1.54, 1.807) is 0 Å². The highest BCUT2D eigenvalue weighted by molar-refractivity contribution is 4.90. The molecule has 2 saturated carbocycles. The number of hydrogen-bond donors (Lipinski definition) is 1. The van der Waals surface area contributed by atoms with E-state index in [-0.39, 0.29) is 5.41 Å². The molecule has 4 atom stereocenters. The van der Waals surface area contributed by atoms with E-state index in [9.17, 15) is 5.11 Å². The third-order valence-corrected chi connectivity index (χ3v) is 4.95. The summed E-state index contributed by atoms with van der Waals surface area (Å²) in [5, 5.41) is 9.78. The minimum absolute atomic E-state index is 0.199. The van der Waals surface area contributed by atoms with Gasteiger partial charge in [-0.2, -0.15) is 0 Å². The molecule has 2 fully saturated rings. The molecule has 17 heavy (non-hydrogen) atoms. The lowest BCUT2D eigenvalue weighted by Gasteiger charge is -2.41. The fourth-order valence-electron chi connectivity index (χ4n) is 3.80. The second-order valence-electron chi connectivity index (χ2n) is 7.03. The van der Waals surface area contributed by atoms with Crippen molar-refractivity contribution in [1.82, 2.24) is 4.90 Å². The molecular formula is C15H29NO. The molecule has 0 aromatic rings. The first kappa shape index (κ1) is 13.4. The summed E-state index contributed by atoms with van der Waals surface area (Å²) in [5.41, 5.74) is 0.199. The largest absolute Gasteiger partial charge is 0.396 e. The van der Waals surface area contributed by atoms with Gasteiger partial charge in [0.05, 0.1) is 0 Å². The number of hydrogen-bond acceptors (Lipinski definition) is 2. The third-order valence-electron chi connectivity index (χ3n) is 4.95. The van der Waals surface area contributed by atoms with Crippen LogP contribution in [0, 0.1) is 23.2 Å². The van der Waals surface area contributed by atoms with Gasteiger partial charge in [0.15, 0.2) is 0 Å². The Balaban J connectivity index is 1.84. The molecule has 0 bridgehead atoms. The van der Waals surface area contributed by atoms with Crippen molar-refractivity contribution in [1.29, 1.82) is 0 Å². The van der Waals surface area contributed by atoms with Crippen molar-refractivity contribution in [2.45, 2.75) is 46.0 Å². The Kier molecular flexibility index (Phi) is 4.14. The van der Waals surface area contributed by atoms with Crippen LogP contribution in [-0.2, 0) is 0 Å². The summed E-state index contributed by atoms with van der Waals surface area (Å²) in [6, 6.07) is 0. The van der Waals surface area contributed by atoms with Gasteiger partial charge in [-0.15, -0.1) is 0 Å². The van der Waals surface area contributed by atoms with E-state index < -0.39 is 0 Å². The highest BCUT2D eigenvalue weighted by Gasteiger charge is 2.38. The minimum Gasteiger partial charge on any atom is -0.396 e. The van der Waals surface area contributed by atoms with E-state index in [1.807, 2.05) is 0 Å². The van der Waals surface area contributed by atoms with Gasteiger partial charge in [0.25, 0.3) is 0 Å². The molecule has 0 heterocycles. The molecule has 0 amide bonds. The second kappa shape index (κ2) is 5.27. The van der Waals surface area contributed by atoms with Crippen LogP contribution in [0.1, 0.15) is 46.0 Å². The van der Waals surface area contributed by atoms with Gasteiger partial charge in [-0.3, -0.25) is 0 Å². The highest BCUT2D eigenvalue weighted by Crippen LogP contribution is 2.41. The van der Waals surface area contributed by atoms with E-state index in [0.717, 1.165) is 24.3 Å². The Morgan fingerprint density at radius 3 is 2.59 bits per heavy atom. The molecular weight excluding hydrogens is 210 g/mol. The minimum atomic E-state index is 0.199. The van der Waals surface area contributed by atoms with Gasteiger partial charge in [-0.1, -0.05) is 26.7 Å². The maximum absolute atomic E-state index is 9.78. The van der Waals surface area contributed by atoms with E-state index >= 15 is 0 Å². The van der Waals surface area contributed by atoms with Crippen molar-refractivity contribution in [3.63, 3.8) is 0 Å². The standard InChI is InChI=1S/C15H29NO/c1-12-5-4-6-15(8-12,11-17)10-16(3)9-14-7-13(14)2/h12-14,17H,4-11H2,1-3H3. The van der Waals surface area contributed by atoms with E-state index in [1.165, 1.54) is 38.6 Å². The fraction of sp³-hybridized carbons (Fsp3) is 1.00. The van der Waals surface area contributed by atoms with Crippen molar-refractivity contribution in [2.75, 3.05) is 26.7 Å². The number of aliphatic hydroxyl groups is 1. The fourth-order valence-corrected chi connectivity index (χ4v) is 3.80. The zero-order valence-corrected chi connectivity index (χ0v) is 11.8. The number of rotatable bonds is 5. The summed E-state index contributed by atoms with van der Waals surface area (Å²) in [6.45, 7) is 7.39. The summed E-state index contributed by atoms with van der Waals surface area (Å²) < 4.78 is 0. The van der Waals surface area contributed by atoms with Gasteiger partial charge in [0.2, 0.25) is 0 Å². The van der Waals surface area contributed by atoms with Gasteiger partial charge in [-0.25, -0.2) is 0 Å². The summed E-state index contributed by atoms with van der Waals surface area (Å²) in [7, 11) is 2.24. The summed E-state index contributed by atoms with van der Waals surface area (Å²) in [4.78, 5) is 2.47. The van der Waals surface area contributed by atoms with E-state index in [0.29, 0.717) is 6.61 Å². The first-order chi connectivity index (χ1) is 8.04. The maximum Gasteiger partial charge on any atom is 0.0499 e. The molecule has 0 saturated heterocycles. The lowest BCUT2D eigenvalue weighted by atomic mass is 9.70. The van der Waals surface area contributed by atoms with Gasteiger partial charge >= 0.3 is 0 Å². The maximum atomic E-state index is 9.78. The Bertz CT molecular complexity index is 255. The summed E-state index contributed by atoms with van der Waals surface area (Å²) >= 11 is 0. The van der Waals surface area contributed by atoms with Gasteiger partial charge < -0.3 is 10.0 Å². The van der Waals surface area contributed by atoms with Crippen molar-refractivity contribution < 1.29 is 5.11 Å². The van der Waals surface area contributed by atoms with Crippen LogP contribution in [0.2, 0.25) is 0 Å². The molecule has 0 aromatic carbocycles. The topological polar surface area (TPSA) is 23.5 Å². The molecule has 2 heteroatoms. The average Bonchev–Trinajstić information content (AvgIpc) is 2.93. The molecule has 100 valence electrons. The number of aliphatic hydroxyl groups excluding tert-OH is 1. The quantitative estimate of drug-likeness (QED) is 0.797. The Labute approximate surface area is 106 Å². The average molecular weight is 239 g/mol. The van der Waals surface area contributed by atoms with Gasteiger partial charge in [0, 0.05) is 25.1 Å². The number of nitrogens with zero attached hydrogens (tertiary/aromatic N) is 1. The Hall–Kier alpha value is -0.0800. The second-order valence-corrected chi connectivity index (χ2v) is 7.03. The summed E-state index contributed by atoms with van der Waals surface area (Å²) in [6.07, 6.45) is 6.50. The summed E-state index contributed by atoms with van der Waals surface area (Å²) in [5.74, 6) is 2.66. The predicted molar refractivity (Wildman–Crippen MR) is 71.9 cm³/mol. The lowest BCUT2D eigenvalue weighted by molar-refractivity contribution is 0.0296. The zero-order chi connectivity index (χ0) is 12.5. The van der Waals surface area contributed by atoms with Crippen LogP contribution in [0.4, 0.5) is 0 Å². The molecule has 2 aliphatic rings. The molecule has 2 rings (SSSR count). The van der Waals surface area contributed by atoms with Crippen molar-refractivity contribution in [3.05, 3.63) is 0 Å². The van der Waals surface area contributed by atoms with Crippen LogP contribution in [0.15, 0.2) is 0 Å². The molecule has 0 spiro atoms.